The third-order valence-electron chi connectivity index (χ3n) is 3.57. The van der Waals surface area contributed by atoms with Crippen LogP contribution in [0.15, 0.2) is 6.20 Å². The Hall–Kier alpha value is -1.16. The van der Waals surface area contributed by atoms with Crippen LogP contribution in [0.4, 0.5) is 5.82 Å². The summed E-state index contributed by atoms with van der Waals surface area (Å²) in [5.41, 5.74) is 6.83. The zero-order valence-electron chi connectivity index (χ0n) is 11.0. The van der Waals surface area contributed by atoms with Gasteiger partial charge in [0.1, 0.15) is 11.6 Å². The van der Waals surface area contributed by atoms with E-state index in [2.05, 4.69) is 28.7 Å². The number of hydrogen-bond acceptors (Lipinski definition) is 4. The molecule has 4 heteroatoms. The largest absolute Gasteiger partial charge is 0.353 e. The van der Waals surface area contributed by atoms with Gasteiger partial charge in [-0.2, -0.15) is 0 Å². The van der Waals surface area contributed by atoms with Gasteiger partial charge in [0, 0.05) is 30.9 Å². The molecule has 1 aliphatic rings. The number of rotatable bonds is 2. The van der Waals surface area contributed by atoms with Crippen LogP contribution in [0.3, 0.4) is 0 Å². The van der Waals surface area contributed by atoms with Crippen molar-refractivity contribution in [2.45, 2.75) is 46.2 Å². The Bertz CT molecular complexity index is 391. The molecule has 2 N–H and O–H groups in total. The molecule has 2 heterocycles. The Labute approximate surface area is 103 Å². The van der Waals surface area contributed by atoms with Crippen molar-refractivity contribution in [2.24, 2.45) is 11.7 Å². The fourth-order valence-electron chi connectivity index (χ4n) is 2.46. The molecule has 1 aromatic rings. The topological polar surface area (TPSA) is 55.0 Å². The number of anilines is 1. The number of piperidine rings is 1. The first kappa shape index (κ1) is 12.3. The van der Waals surface area contributed by atoms with Crippen molar-refractivity contribution in [3.8, 4) is 0 Å². The van der Waals surface area contributed by atoms with Crippen LogP contribution in [0.5, 0.6) is 0 Å². The van der Waals surface area contributed by atoms with Gasteiger partial charge in [-0.05, 0) is 32.6 Å². The van der Waals surface area contributed by atoms with Crippen molar-refractivity contribution in [1.82, 2.24) is 9.97 Å². The molecule has 2 rings (SSSR count). The molecule has 2 unspecified atom stereocenters. The van der Waals surface area contributed by atoms with E-state index < -0.39 is 0 Å². The van der Waals surface area contributed by atoms with E-state index in [0.29, 0.717) is 12.6 Å². The van der Waals surface area contributed by atoms with Gasteiger partial charge in [-0.15, -0.1) is 0 Å². The Morgan fingerprint density at radius 2 is 2.18 bits per heavy atom. The molecule has 0 aromatic carbocycles. The van der Waals surface area contributed by atoms with Gasteiger partial charge >= 0.3 is 0 Å². The normalized spacial score (nSPS) is 25.1. The molecule has 0 saturated carbocycles. The molecule has 0 amide bonds. The van der Waals surface area contributed by atoms with Crippen molar-refractivity contribution in [3.05, 3.63) is 17.6 Å². The first-order chi connectivity index (χ1) is 8.11. The lowest BCUT2D eigenvalue weighted by atomic mass is 9.95. The highest BCUT2D eigenvalue weighted by atomic mass is 15.2. The average molecular weight is 234 g/mol. The predicted molar refractivity (Wildman–Crippen MR) is 69.9 cm³/mol. The van der Waals surface area contributed by atoms with E-state index >= 15 is 0 Å². The average Bonchev–Trinajstić information content (AvgIpc) is 2.32. The zero-order chi connectivity index (χ0) is 12.4. The van der Waals surface area contributed by atoms with Crippen LogP contribution < -0.4 is 10.6 Å². The van der Waals surface area contributed by atoms with Crippen molar-refractivity contribution >= 4 is 5.82 Å². The summed E-state index contributed by atoms with van der Waals surface area (Å²) < 4.78 is 0. The Balaban J connectivity index is 2.33. The SMILES string of the molecule is Cc1ncc(CN)c(N2CC(C)CCC2C)n1. The predicted octanol–water partition coefficient (Wildman–Crippen LogP) is 1.87. The van der Waals surface area contributed by atoms with E-state index in [1.807, 2.05) is 13.1 Å². The summed E-state index contributed by atoms with van der Waals surface area (Å²) in [5, 5.41) is 0. The molecule has 0 bridgehead atoms. The van der Waals surface area contributed by atoms with Crippen LogP contribution in [-0.4, -0.2) is 22.6 Å². The molecule has 1 fully saturated rings. The van der Waals surface area contributed by atoms with Gasteiger partial charge in [0.2, 0.25) is 0 Å². The molecule has 1 aliphatic heterocycles. The van der Waals surface area contributed by atoms with Crippen LogP contribution in [0.25, 0.3) is 0 Å². The smallest absolute Gasteiger partial charge is 0.137 e. The Morgan fingerprint density at radius 3 is 2.88 bits per heavy atom. The molecule has 94 valence electrons. The lowest BCUT2D eigenvalue weighted by molar-refractivity contribution is 0.387. The van der Waals surface area contributed by atoms with E-state index in [-0.39, 0.29) is 0 Å². The van der Waals surface area contributed by atoms with Gasteiger partial charge in [0.15, 0.2) is 0 Å². The molecular formula is C13H22N4. The molecule has 4 nitrogen and oxygen atoms in total. The first-order valence-corrected chi connectivity index (χ1v) is 6.41. The van der Waals surface area contributed by atoms with Crippen LogP contribution in [-0.2, 0) is 6.54 Å². The minimum Gasteiger partial charge on any atom is -0.353 e. The van der Waals surface area contributed by atoms with Crippen molar-refractivity contribution in [2.75, 3.05) is 11.4 Å². The van der Waals surface area contributed by atoms with E-state index in [9.17, 15) is 0 Å². The molecule has 17 heavy (non-hydrogen) atoms. The van der Waals surface area contributed by atoms with Crippen LogP contribution >= 0.6 is 0 Å². The van der Waals surface area contributed by atoms with E-state index in [0.717, 1.165) is 29.7 Å². The van der Waals surface area contributed by atoms with E-state index in [4.69, 9.17) is 5.73 Å². The second-order valence-electron chi connectivity index (χ2n) is 5.15. The summed E-state index contributed by atoms with van der Waals surface area (Å²) >= 11 is 0. The lowest BCUT2D eigenvalue weighted by Crippen LogP contribution is -2.42. The summed E-state index contributed by atoms with van der Waals surface area (Å²) in [6.07, 6.45) is 4.40. The van der Waals surface area contributed by atoms with Gasteiger partial charge < -0.3 is 10.6 Å². The number of aryl methyl sites for hydroxylation is 1. The fraction of sp³-hybridized carbons (Fsp3) is 0.692. The summed E-state index contributed by atoms with van der Waals surface area (Å²) in [4.78, 5) is 11.2. The minimum atomic E-state index is 0.507. The van der Waals surface area contributed by atoms with E-state index in [1.165, 1.54) is 12.8 Å². The second-order valence-corrected chi connectivity index (χ2v) is 5.15. The number of nitrogens with two attached hydrogens (primary N) is 1. The molecule has 2 atom stereocenters. The van der Waals surface area contributed by atoms with Crippen LogP contribution in [0, 0.1) is 12.8 Å². The zero-order valence-corrected chi connectivity index (χ0v) is 11.0. The van der Waals surface area contributed by atoms with Gasteiger partial charge in [-0.3, -0.25) is 0 Å². The maximum Gasteiger partial charge on any atom is 0.137 e. The van der Waals surface area contributed by atoms with Crippen molar-refractivity contribution < 1.29 is 0 Å². The highest BCUT2D eigenvalue weighted by molar-refractivity contribution is 5.47. The number of aromatic nitrogens is 2. The molecule has 0 radical (unpaired) electrons. The molecule has 1 aromatic heterocycles. The van der Waals surface area contributed by atoms with Crippen molar-refractivity contribution in [1.29, 1.82) is 0 Å². The molecule has 0 aliphatic carbocycles. The van der Waals surface area contributed by atoms with Gasteiger partial charge in [-0.1, -0.05) is 6.92 Å². The third kappa shape index (κ3) is 2.57. The maximum absolute atomic E-state index is 5.78. The first-order valence-electron chi connectivity index (χ1n) is 6.41. The van der Waals surface area contributed by atoms with Gasteiger partial charge in [0.25, 0.3) is 0 Å². The standard InChI is InChI=1S/C13H22N4/c1-9-4-5-10(2)17(8-9)13-12(6-14)7-15-11(3)16-13/h7,9-10H,4-6,8,14H2,1-3H3. The van der Waals surface area contributed by atoms with E-state index in [1.54, 1.807) is 0 Å². The summed E-state index contributed by atoms with van der Waals surface area (Å²) in [5.74, 6) is 2.59. The highest BCUT2D eigenvalue weighted by Gasteiger charge is 2.25. The molecule has 1 saturated heterocycles. The van der Waals surface area contributed by atoms with Crippen molar-refractivity contribution in [3.63, 3.8) is 0 Å². The molecular weight excluding hydrogens is 212 g/mol. The summed E-state index contributed by atoms with van der Waals surface area (Å²) in [6, 6.07) is 0.547. The quantitative estimate of drug-likeness (QED) is 0.848. The second kappa shape index (κ2) is 5.00. The lowest BCUT2D eigenvalue weighted by Gasteiger charge is -2.38. The molecule has 0 spiro atoms. The van der Waals surface area contributed by atoms with Gasteiger partial charge in [0.05, 0.1) is 0 Å². The highest BCUT2D eigenvalue weighted by Crippen LogP contribution is 2.28. The van der Waals surface area contributed by atoms with Crippen LogP contribution in [0.1, 0.15) is 38.1 Å². The summed E-state index contributed by atoms with van der Waals surface area (Å²) in [6.45, 7) is 8.08. The maximum atomic E-state index is 5.78. The fourth-order valence-corrected chi connectivity index (χ4v) is 2.46. The summed E-state index contributed by atoms with van der Waals surface area (Å²) in [7, 11) is 0. The number of nitrogens with zero attached hydrogens (tertiary/aromatic N) is 3. The van der Waals surface area contributed by atoms with Crippen LogP contribution in [0.2, 0.25) is 0 Å². The number of hydrogen-bond donors (Lipinski definition) is 1. The third-order valence-corrected chi connectivity index (χ3v) is 3.57. The van der Waals surface area contributed by atoms with Gasteiger partial charge in [-0.25, -0.2) is 9.97 Å². The Morgan fingerprint density at radius 1 is 1.41 bits per heavy atom. The monoisotopic (exact) mass is 234 g/mol. The minimum absolute atomic E-state index is 0.507. The Kier molecular flexibility index (Phi) is 3.62.